The number of ether oxygens (including phenoxy) is 2. The Bertz CT molecular complexity index is 749. The Kier molecular flexibility index (Phi) is 5.75. The van der Waals surface area contributed by atoms with Gasteiger partial charge in [0.05, 0.1) is 18.7 Å². The van der Waals surface area contributed by atoms with E-state index in [2.05, 4.69) is 10.9 Å². The molecule has 7 nitrogen and oxygen atoms in total. The second-order valence-corrected chi connectivity index (χ2v) is 4.66. The zero-order valence-electron chi connectivity index (χ0n) is 12.9. The number of carbonyl (C=O) groups excluding carboxylic acids is 2. The van der Waals surface area contributed by atoms with Gasteiger partial charge in [-0.15, -0.1) is 0 Å². The van der Waals surface area contributed by atoms with Crippen LogP contribution in [0.2, 0.25) is 0 Å². The molecule has 0 fully saturated rings. The van der Waals surface area contributed by atoms with Crippen molar-refractivity contribution in [3.05, 3.63) is 59.7 Å². The van der Waals surface area contributed by atoms with Crippen LogP contribution in [0, 0.1) is 11.3 Å². The highest BCUT2D eigenvalue weighted by Gasteiger charge is 2.08. The molecule has 0 unspecified atom stereocenters. The van der Waals surface area contributed by atoms with E-state index in [4.69, 9.17) is 14.7 Å². The summed E-state index contributed by atoms with van der Waals surface area (Å²) in [6.07, 6.45) is 0. The lowest BCUT2D eigenvalue weighted by Gasteiger charge is -2.09. The molecular formula is C17H15N3O4. The fourth-order valence-electron chi connectivity index (χ4n) is 1.75. The summed E-state index contributed by atoms with van der Waals surface area (Å²) in [6.45, 7) is -0.269. The minimum Gasteiger partial charge on any atom is -0.497 e. The first-order valence-corrected chi connectivity index (χ1v) is 6.98. The van der Waals surface area contributed by atoms with Crippen LogP contribution >= 0.6 is 0 Å². The molecule has 0 aromatic heterocycles. The minimum absolute atomic E-state index is 0.269. The summed E-state index contributed by atoms with van der Waals surface area (Å²) < 4.78 is 10.2. The molecule has 0 bridgehead atoms. The van der Waals surface area contributed by atoms with Crippen molar-refractivity contribution in [2.75, 3.05) is 13.7 Å². The van der Waals surface area contributed by atoms with E-state index in [0.717, 1.165) is 0 Å². The standard InChI is InChI=1S/C17H15N3O4/c1-23-14-8-4-13(5-9-14)17(22)20-19-16(21)11-24-15-6-2-12(10-18)3-7-15/h2-9H,11H2,1H3,(H,19,21)(H,20,22). The summed E-state index contributed by atoms with van der Waals surface area (Å²) >= 11 is 0. The number of nitrogens with one attached hydrogen (secondary N) is 2. The molecule has 0 aliphatic heterocycles. The average Bonchev–Trinajstić information content (AvgIpc) is 2.64. The molecule has 0 saturated carbocycles. The van der Waals surface area contributed by atoms with Gasteiger partial charge < -0.3 is 9.47 Å². The summed E-state index contributed by atoms with van der Waals surface area (Å²) in [6, 6.07) is 14.8. The topological polar surface area (TPSA) is 100 Å². The van der Waals surface area contributed by atoms with Crippen molar-refractivity contribution in [3.63, 3.8) is 0 Å². The van der Waals surface area contributed by atoms with Gasteiger partial charge in [-0.05, 0) is 48.5 Å². The summed E-state index contributed by atoms with van der Waals surface area (Å²) in [7, 11) is 1.53. The van der Waals surface area contributed by atoms with Crippen molar-refractivity contribution in [2.24, 2.45) is 0 Å². The number of benzene rings is 2. The normalized spacial score (nSPS) is 9.50. The monoisotopic (exact) mass is 325 g/mol. The van der Waals surface area contributed by atoms with Crippen LogP contribution in [0.5, 0.6) is 11.5 Å². The van der Waals surface area contributed by atoms with Crippen LogP contribution in [0.25, 0.3) is 0 Å². The van der Waals surface area contributed by atoms with E-state index in [9.17, 15) is 9.59 Å². The molecule has 2 rings (SSSR count). The van der Waals surface area contributed by atoms with Gasteiger partial charge in [0.25, 0.3) is 11.8 Å². The minimum atomic E-state index is -0.513. The Hall–Kier alpha value is -3.53. The van der Waals surface area contributed by atoms with Crippen molar-refractivity contribution in [1.29, 1.82) is 5.26 Å². The first-order chi connectivity index (χ1) is 11.6. The van der Waals surface area contributed by atoms with E-state index in [1.165, 1.54) is 7.11 Å². The second-order valence-electron chi connectivity index (χ2n) is 4.66. The van der Waals surface area contributed by atoms with Crippen LogP contribution in [0.1, 0.15) is 15.9 Å². The Morgan fingerprint density at radius 2 is 1.62 bits per heavy atom. The van der Waals surface area contributed by atoms with Crippen molar-refractivity contribution in [2.45, 2.75) is 0 Å². The molecule has 7 heteroatoms. The Labute approximate surface area is 138 Å². The largest absolute Gasteiger partial charge is 0.497 e. The zero-order valence-corrected chi connectivity index (χ0v) is 12.9. The van der Waals surface area contributed by atoms with Crippen molar-refractivity contribution >= 4 is 11.8 Å². The van der Waals surface area contributed by atoms with Crippen molar-refractivity contribution < 1.29 is 19.1 Å². The quantitative estimate of drug-likeness (QED) is 0.810. The second kappa shape index (κ2) is 8.19. The number of rotatable bonds is 5. The molecule has 122 valence electrons. The van der Waals surface area contributed by atoms with Gasteiger partial charge in [0.1, 0.15) is 11.5 Å². The third kappa shape index (κ3) is 4.74. The van der Waals surface area contributed by atoms with E-state index < -0.39 is 11.8 Å². The lowest BCUT2D eigenvalue weighted by molar-refractivity contribution is -0.123. The van der Waals surface area contributed by atoms with Crippen molar-refractivity contribution in [1.82, 2.24) is 10.9 Å². The predicted molar refractivity (Wildman–Crippen MR) is 85.3 cm³/mol. The molecule has 0 aliphatic carbocycles. The number of nitrogens with zero attached hydrogens (tertiary/aromatic N) is 1. The molecule has 2 aromatic carbocycles. The molecule has 24 heavy (non-hydrogen) atoms. The van der Waals surface area contributed by atoms with E-state index in [-0.39, 0.29) is 6.61 Å². The number of carbonyl (C=O) groups is 2. The Balaban J connectivity index is 1.77. The van der Waals surface area contributed by atoms with Crippen molar-refractivity contribution in [3.8, 4) is 17.6 Å². The summed E-state index contributed by atoms with van der Waals surface area (Å²) in [4.78, 5) is 23.5. The average molecular weight is 325 g/mol. The highest BCUT2D eigenvalue weighted by atomic mass is 16.5. The highest BCUT2D eigenvalue weighted by Crippen LogP contribution is 2.11. The summed E-state index contributed by atoms with van der Waals surface area (Å²) in [5.41, 5.74) is 5.42. The molecule has 0 radical (unpaired) electrons. The summed E-state index contributed by atoms with van der Waals surface area (Å²) in [5.74, 6) is 0.114. The van der Waals surface area contributed by atoms with E-state index in [0.29, 0.717) is 22.6 Å². The molecule has 0 spiro atoms. The highest BCUT2D eigenvalue weighted by molar-refractivity contribution is 5.95. The number of amides is 2. The van der Waals surface area contributed by atoms with Gasteiger partial charge in [0.2, 0.25) is 0 Å². The fourth-order valence-corrected chi connectivity index (χ4v) is 1.75. The molecule has 0 saturated heterocycles. The zero-order chi connectivity index (χ0) is 17.4. The predicted octanol–water partition coefficient (Wildman–Crippen LogP) is 1.41. The maximum atomic E-state index is 11.9. The molecule has 2 amide bonds. The molecule has 0 atom stereocenters. The van der Waals surface area contributed by atoms with Gasteiger partial charge in [0.15, 0.2) is 6.61 Å². The van der Waals surface area contributed by atoms with Gasteiger partial charge in [-0.2, -0.15) is 5.26 Å². The molecular weight excluding hydrogens is 310 g/mol. The van der Waals surface area contributed by atoms with Crippen LogP contribution in [0.15, 0.2) is 48.5 Å². The maximum absolute atomic E-state index is 11.9. The van der Waals surface area contributed by atoms with Gasteiger partial charge in [-0.1, -0.05) is 0 Å². The first-order valence-electron chi connectivity index (χ1n) is 6.98. The van der Waals surface area contributed by atoms with E-state index in [1.807, 2.05) is 6.07 Å². The van der Waals surface area contributed by atoms with Crippen LogP contribution in [0.3, 0.4) is 0 Å². The van der Waals surface area contributed by atoms with E-state index >= 15 is 0 Å². The smallest absolute Gasteiger partial charge is 0.276 e. The first kappa shape index (κ1) is 16.8. The SMILES string of the molecule is COc1ccc(C(=O)NNC(=O)COc2ccc(C#N)cc2)cc1. The number of nitriles is 1. The molecule has 0 aliphatic rings. The number of hydrogen-bond donors (Lipinski definition) is 2. The number of methoxy groups -OCH3 is 1. The maximum Gasteiger partial charge on any atom is 0.276 e. The number of hydrazine groups is 1. The van der Waals surface area contributed by atoms with E-state index in [1.54, 1.807) is 48.5 Å². The fraction of sp³-hybridized carbons (Fsp3) is 0.118. The Morgan fingerprint density at radius 3 is 2.21 bits per heavy atom. The van der Waals surface area contributed by atoms with Gasteiger partial charge in [-0.25, -0.2) is 0 Å². The third-order valence-electron chi connectivity index (χ3n) is 3.02. The summed E-state index contributed by atoms with van der Waals surface area (Å²) in [5, 5.41) is 8.69. The van der Waals surface area contributed by atoms with Gasteiger partial charge in [0, 0.05) is 5.56 Å². The lowest BCUT2D eigenvalue weighted by Crippen LogP contribution is -2.43. The van der Waals surface area contributed by atoms with Crippen LogP contribution < -0.4 is 20.3 Å². The number of hydrogen-bond acceptors (Lipinski definition) is 5. The van der Waals surface area contributed by atoms with Gasteiger partial charge >= 0.3 is 0 Å². The third-order valence-corrected chi connectivity index (χ3v) is 3.02. The molecule has 2 N–H and O–H groups in total. The molecule has 0 heterocycles. The van der Waals surface area contributed by atoms with Crippen LogP contribution in [-0.4, -0.2) is 25.5 Å². The molecule has 2 aromatic rings. The van der Waals surface area contributed by atoms with Crippen LogP contribution in [0.4, 0.5) is 0 Å². The van der Waals surface area contributed by atoms with Crippen LogP contribution in [-0.2, 0) is 4.79 Å². The lowest BCUT2D eigenvalue weighted by atomic mass is 10.2. The van der Waals surface area contributed by atoms with Gasteiger partial charge in [-0.3, -0.25) is 20.4 Å². The Morgan fingerprint density at radius 1 is 1.00 bits per heavy atom.